The van der Waals surface area contributed by atoms with E-state index >= 15 is 0 Å². The molecule has 122 valence electrons. The molecule has 1 saturated heterocycles. The maximum absolute atomic E-state index is 12.1. The molecule has 1 aliphatic carbocycles. The molecule has 2 aliphatic rings. The monoisotopic (exact) mass is 312 g/mol. The Morgan fingerprint density at radius 3 is 2.68 bits per heavy atom. The van der Waals surface area contributed by atoms with Crippen LogP contribution in [0, 0.1) is 0 Å². The Morgan fingerprint density at radius 1 is 1.45 bits per heavy atom. The van der Waals surface area contributed by atoms with Gasteiger partial charge in [0.1, 0.15) is 24.0 Å². The normalized spacial score (nSPS) is 31.4. The van der Waals surface area contributed by atoms with Crippen molar-refractivity contribution >= 4 is 17.6 Å². The summed E-state index contributed by atoms with van der Waals surface area (Å²) in [4.78, 5) is 23.5. The van der Waals surface area contributed by atoms with Gasteiger partial charge in [-0.1, -0.05) is 5.16 Å². The Morgan fingerprint density at radius 2 is 2.14 bits per heavy atom. The molecule has 0 bridgehead atoms. The molecule has 1 fully saturated rings. The van der Waals surface area contributed by atoms with Crippen LogP contribution in [0.2, 0.25) is 0 Å². The van der Waals surface area contributed by atoms with Gasteiger partial charge in [0.2, 0.25) is 5.91 Å². The Hall–Kier alpha value is -1.93. The Kier molecular flexibility index (Phi) is 4.52. The van der Waals surface area contributed by atoms with Crippen LogP contribution in [0.4, 0.5) is 0 Å². The van der Waals surface area contributed by atoms with Crippen LogP contribution in [-0.4, -0.2) is 53.4 Å². The fourth-order valence-electron chi connectivity index (χ4n) is 2.63. The first-order chi connectivity index (χ1) is 10.3. The largest absolute Gasteiger partial charge is 0.463 e. The SMILES string of the molecule is CCOC(=O)C1=C/C(=N\O)[C@@H](NC(C)=O)[C@@H]2OC(C)(C)O[C@H]12. The van der Waals surface area contributed by atoms with Crippen LogP contribution in [0.15, 0.2) is 16.8 Å². The minimum Gasteiger partial charge on any atom is -0.463 e. The van der Waals surface area contributed by atoms with E-state index in [4.69, 9.17) is 14.2 Å². The number of nitrogens with one attached hydrogen (secondary N) is 1. The standard InChI is InChI=1S/C14H20N2O6/c1-5-20-13(18)8-6-9(16-19)10(15-7(2)17)12-11(8)21-14(3,4)22-12/h6,10-12,19H,5H2,1-4H3,(H,15,17)/b16-9+/t10-,11-,12+/m1/s1. The molecule has 0 unspecified atom stereocenters. The third kappa shape index (κ3) is 3.12. The van der Waals surface area contributed by atoms with Crippen molar-refractivity contribution in [1.29, 1.82) is 0 Å². The van der Waals surface area contributed by atoms with Gasteiger partial charge in [-0.05, 0) is 26.8 Å². The average molecular weight is 312 g/mol. The van der Waals surface area contributed by atoms with Crippen molar-refractivity contribution in [2.75, 3.05) is 6.61 Å². The van der Waals surface area contributed by atoms with Gasteiger partial charge in [-0.2, -0.15) is 0 Å². The topological polar surface area (TPSA) is 106 Å². The lowest BCUT2D eigenvalue weighted by molar-refractivity contribution is -0.149. The quantitative estimate of drug-likeness (QED) is 0.442. The van der Waals surface area contributed by atoms with Crippen molar-refractivity contribution in [3.63, 3.8) is 0 Å². The summed E-state index contributed by atoms with van der Waals surface area (Å²) >= 11 is 0. The highest BCUT2D eigenvalue weighted by Crippen LogP contribution is 2.37. The Labute approximate surface area is 128 Å². The molecule has 1 aliphatic heterocycles. The number of ether oxygens (including phenoxy) is 3. The molecular weight excluding hydrogens is 292 g/mol. The number of nitrogens with zero attached hydrogens (tertiary/aromatic N) is 1. The summed E-state index contributed by atoms with van der Waals surface area (Å²) in [5.41, 5.74) is 0.313. The number of carbonyl (C=O) groups excluding carboxylic acids is 2. The van der Waals surface area contributed by atoms with Crippen molar-refractivity contribution in [2.45, 2.75) is 51.7 Å². The van der Waals surface area contributed by atoms with E-state index in [2.05, 4.69) is 10.5 Å². The van der Waals surface area contributed by atoms with Crippen molar-refractivity contribution in [3.8, 4) is 0 Å². The molecule has 2 N–H and O–H groups in total. The predicted molar refractivity (Wildman–Crippen MR) is 75.4 cm³/mol. The molecule has 22 heavy (non-hydrogen) atoms. The van der Waals surface area contributed by atoms with E-state index in [1.165, 1.54) is 13.0 Å². The highest BCUT2D eigenvalue weighted by molar-refractivity contribution is 6.08. The van der Waals surface area contributed by atoms with Gasteiger partial charge in [0.15, 0.2) is 5.79 Å². The zero-order valence-corrected chi connectivity index (χ0v) is 13.0. The summed E-state index contributed by atoms with van der Waals surface area (Å²) < 4.78 is 16.5. The number of amides is 1. The first kappa shape index (κ1) is 16.4. The number of rotatable bonds is 3. The molecule has 3 atom stereocenters. The Bertz CT molecular complexity index is 539. The third-order valence-corrected chi connectivity index (χ3v) is 3.37. The first-order valence-corrected chi connectivity index (χ1v) is 7.02. The van der Waals surface area contributed by atoms with Gasteiger partial charge in [-0.25, -0.2) is 4.79 Å². The molecule has 0 saturated carbocycles. The van der Waals surface area contributed by atoms with Gasteiger partial charge in [-0.3, -0.25) is 4.79 Å². The van der Waals surface area contributed by atoms with Gasteiger partial charge in [0.05, 0.1) is 12.2 Å². The maximum Gasteiger partial charge on any atom is 0.336 e. The number of hydrogen-bond acceptors (Lipinski definition) is 7. The zero-order valence-electron chi connectivity index (χ0n) is 13.0. The van der Waals surface area contributed by atoms with Crippen LogP contribution in [-0.2, 0) is 23.8 Å². The summed E-state index contributed by atoms with van der Waals surface area (Å²) in [7, 11) is 0. The summed E-state index contributed by atoms with van der Waals surface area (Å²) in [6.45, 7) is 6.65. The lowest BCUT2D eigenvalue weighted by Gasteiger charge is -2.31. The van der Waals surface area contributed by atoms with Crippen molar-refractivity contribution in [3.05, 3.63) is 11.6 Å². The molecule has 0 aromatic carbocycles. The lowest BCUT2D eigenvalue weighted by Crippen LogP contribution is -2.55. The van der Waals surface area contributed by atoms with Crippen LogP contribution >= 0.6 is 0 Å². The molecular formula is C14H20N2O6. The number of oxime groups is 1. The number of hydrogen-bond donors (Lipinski definition) is 2. The second-order valence-corrected chi connectivity index (χ2v) is 5.54. The highest BCUT2D eigenvalue weighted by atomic mass is 16.8. The minimum atomic E-state index is -0.942. The lowest BCUT2D eigenvalue weighted by atomic mass is 9.88. The molecule has 2 rings (SSSR count). The van der Waals surface area contributed by atoms with Crippen LogP contribution in [0.5, 0.6) is 0 Å². The van der Waals surface area contributed by atoms with E-state index in [9.17, 15) is 14.8 Å². The molecule has 0 aromatic heterocycles. The van der Waals surface area contributed by atoms with Crippen LogP contribution in [0.3, 0.4) is 0 Å². The molecule has 1 heterocycles. The molecule has 8 heteroatoms. The summed E-state index contributed by atoms with van der Waals surface area (Å²) in [6, 6.07) is -0.715. The van der Waals surface area contributed by atoms with E-state index in [1.807, 2.05) is 0 Å². The zero-order chi connectivity index (χ0) is 16.5. The third-order valence-electron chi connectivity index (χ3n) is 3.37. The molecule has 0 radical (unpaired) electrons. The number of carbonyl (C=O) groups is 2. The van der Waals surface area contributed by atoms with Crippen molar-refractivity contribution in [2.24, 2.45) is 5.16 Å². The molecule has 1 amide bonds. The second-order valence-electron chi connectivity index (χ2n) is 5.54. The average Bonchev–Trinajstić information content (AvgIpc) is 2.74. The van der Waals surface area contributed by atoms with Crippen LogP contribution in [0.1, 0.15) is 27.7 Å². The van der Waals surface area contributed by atoms with Gasteiger partial charge >= 0.3 is 5.97 Å². The first-order valence-electron chi connectivity index (χ1n) is 7.02. The van der Waals surface area contributed by atoms with E-state index in [-0.39, 0.29) is 23.8 Å². The van der Waals surface area contributed by atoms with Gasteiger partial charge < -0.3 is 24.7 Å². The molecule has 8 nitrogen and oxygen atoms in total. The van der Waals surface area contributed by atoms with Crippen LogP contribution < -0.4 is 5.32 Å². The van der Waals surface area contributed by atoms with Gasteiger partial charge in [0, 0.05) is 6.92 Å². The number of fused-ring (bicyclic) bond motifs is 1. The van der Waals surface area contributed by atoms with Crippen molar-refractivity contribution < 1.29 is 29.0 Å². The van der Waals surface area contributed by atoms with E-state index in [0.29, 0.717) is 0 Å². The van der Waals surface area contributed by atoms with Crippen molar-refractivity contribution in [1.82, 2.24) is 5.32 Å². The van der Waals surface area contributed by atoms with Crippen LogP contribution in [0.25, 0.3) is 0 Å². The smallest absolute Gasteiger partial charge is 0.336 e. The number of esters is 1. The fraction of sp³-hybridized carbons (Fsp3) is 0.643. The fourth-order valence-corrected chi connectivity index (χ4v) is 2.63. The van der Waals surface area contributed by atoms with Gasteiger partial charge in [-0.15, -0.1) is 0 Å². The second kappa shape index (κ2) is 6.05. The van der Waals surface area contributed by atoms with E-state index in [0.717, 1.165) is 0 Å². The van der Waals surface area contributed by atoms with Gasteiger partial charge in [0.25, 0.3) is 0 Å². The molecule has 0 aromatic rings. The summed E-state index contributed by atoms with van der Waals surface area (Å²) in [5, 5.41) is 15.0. The summed E-state index contributed by atoms with van der Waals surface area (Å²) in [6.07, 6.45) is -0.0320. The van der Waals surface area contributed by atoms with E-state index in [1.54, 1.807) is 20.8 Å². The highest BCUT2D eigenvalue weighted by Gasteiger charge is 2.52. The minimum absolute atomic E-state index is 0.112. The predicted octanol–water partition coefficient (Wildman–Crippen LogP) is 0.345. The Balaban J connectivity index is 2.42. The van der Waals surface area contributed by atoms with E-state index < -0.39 is 30.0 Å². The maximum atomic E-state index is 12.1. The molecule has 0 spiro atoms. The summed E-state index contributed by atoms with van der Waals surface area (Å²) in [5.74, 6) is -1.82.